The monoisotopic (exact) mass is 230 g/mol. The fraction of sp³-hybridized carbons (Fsp3) is 0.600. The summed E-state index contributed by atoms with van der Waals surface area (Å²) in [5, 5.41) is 8.60. The Balaban J connectivity index is 2.35. The molecule has 1 aromatic rings. The molecule has 1 unspecified atom stereocenters. The summed E-state index contributed by atoms with van der Waals surface area (Å²) in [6, 6.07) is 0. The van der Waals surface area contributed by atoms with Gasteiger partial charge in [-0.3, -0.25) is 0 Å². The molecule has 0 spiro atoms. The highest BCUT2D eigenvalue weighted by molar-refractivity contribution is 8.00. The standard InChI is InChI=1S/C5H5F3N2OS2/c6-5(7,8)3(11)1-12-4-9-2-10-13-4/h2-3,11H,1H2. The Bertz CT molecular complexity index is 251. The lowest BCUT2D eigenvalue weighted by Gasteiger charge is -2.12. The average Bonchev–Trinajstić information content (AvgIpc) is 2.50. The van der Waals surface area contributed by atoms with E-state index < -0.39 is 18.0 Å². The van der Waals surface area contributed by atoms with E-state index in [1.807, 2.05) is 0 Å². The molecule has 0 radical (unpaired) electrons. The molecule has 74 valence electrons. The van der Waals surface area contributed by atoms with E-state index >= 15 is 0 Å². The zero-order chi connectivity index (χ0) is 9.90. The van der Waals surface area contributed by atoms with Crippen LogP contribution in [0.1, 0.15) is 0 Å². The first-order valence-electron chi connectivity index (χ1n) is 3.14. The first-order chi connectivity index (χ1) is 6.00. The van der Waals surface area contributed by atoms with Crippen LogP contribution in [0.2, 0.25) is 0 Å². The zero-order valence-corrected chi connectivity index (χ0v) is 7.79. The number of aliphatic hydroxyl groups is 1. The third-order valence-corrected chi connectivity index (χ3v) is 2.96. The highest BCUT2D eigenvalue weighted by Crippen LogP contribution is 2.26. The van der Waals surface area contributed by atoms with Gasteiger partial charge in [-0.25, -0.2) is 4.98 Å². The predicted octanol–water partition coefficient (Wildman–Crippen LogP) is 1.55. The Hall–Kier alpha value is -0.340. The van der Waals surface area contributed by atoms with Gasteiger partial charge in [0.05, 0.1) is 0 Å². The highest BCUT2D eigenvalue weighted by Gasteiger charge is 2.38. The highest BCUT2D eigenvalue weighted by atomic mass is 32.2. The molecule has 0 saturated heterocycles. The number of thioether (sulfide) groups is 1. The Morgan fingerprint density at radius 1 is 1.62 bits per heavy atom. The van der Waals surface area contributed by atoms with Crippen molar-refractivity contribution in [2.45, 2.75) is 16.6 Å². The van der Waals surface area contributed by atoms with Gasteiger partial charge in [0, 0.05) is 5.75 Å². The fourth-order valence-electron chi connectivity index (χ4n) is 0.471. The minimum Gasteiger partial charge on any atom is -0.383 e. The van der Waals surface area contributed by atoms with Gasteiger partial charge in [-0.15, -0.1) is 0 Å². The lowest BCUT2D eigenvalue weighted by atomic mass is 10.4. The van der Waals surface area contributed by atoms with Gasteiger partial charge in [-0.05, 0) is 11.5 Å². The third kappa shape index (κ3) is 3.49. The van der Waals surface area contributed by atoms with E-state index in [0.29, 0.717) is 4.34 Å². The second kappa shape index (κ2) is 4.25. The van der Waals surface area contributed by atoms with Gasteiger partial charge in [0.25, 0.3) is 0 Å². The van der Waals surface area contributed by atoms with E-state index in [-0.39, 0.29) is 0 Å². The molecule has 0 aliphatic heterocycles. The van der Waals surface area contributed by atoms with Crippen LogP contribution in [0.4, 0.5) is 13.2 Å². The van der Waals surface area contributed by atoms with Crippen molar-refractivity contribution in [2.24, 2.45) is 0 Å². The van der Waals surface area contributed by atoms with Crippen molar-refractivity contribution in [1.82, 2.24) is 9.36 Å². The molecule has 0 aliphatic carbocycles. The minimum absolute atomic E-state index is 0.420. The SMILES string of the molecule is OC(CSc1ncns1)C(F)(F)F. The zero-order valence-electron chi connectivity index (χ0n) is 6.15. The number of rotatable bonds is 3. The number of nitrogens with zero attached hydrogens (tertiary/aromatic N) is 2. The van der Waals surface area contributed by atoms with Crippen molar-refractivity contribution in [1.29, 1.82) is 0 Å². The molecule has 0 fully saturated rings. The van der Waals surface area contributed by atoms with Crippen molar-refractivity contribution in [2.75, 3.05) is 5.75 Å². The maximum Gasteiger partial charge on any atom is 0.415 e. The normalized spacial score (nSPS) is 14.5. The molecule has 0 saturated carbocycles. The minimum atomic E-state index is -4.56. The average molecular weight is 230 g/mol. The van der Waals surface area contributed by atoms with Crippen molar-refractivity contribution >= 4 is 23.3 Å². The summed E-state index contributed by atoms with van der Waals surface area (Å²) in [6.07, 6.45) is -5.61. The first-order valence-corrected chi connectivity index (χ1v) is 4.90. The Labute approximate surface area is 80.2 Å². The second-order valence-corrected chi connectivity index (χ2v) is 4.12. The van der Waals surface area contributed by atoms with Crippen molar-refractivity contribution in [3.8, 4) is 0 Å². The Morgan fingerprint density at radius 3 is 2.77 bits per heavy atom. The van der Waals surface area contributed by atoms with Gasteiger partial charge in [0.2, 0.25) is 0 Å². The van der Waals surface area contributed by atoms with Crippen LogP contribution in [0, 0.1) is 0 Å². The summed E-state index contributed by atoms with van der Waals surface area (Å²) in [5.41, 5.74) is 0. The van der Waals surface area contributed by atoms with Crippen LogP contribution in [0.15, 0.2) is 10.7 Å². The number of hydrogen-bond acceptors (Lipinski definition) is 5. The van der Waals surface area contributed by atoms with E-state index in [4.69, 9.17) is 5.11 Å². The molecule has 13 heavy (non-hydrogen) atoms. The van der Waals surface area contributed by atoms with Gasteiger partial charge in [-0.1, -0.05) is 11.8 Å². The smallest absolute Gasteiger partial charge is 0.383 e. The topological polar surface area (TPSA) is 46.0 Å². The number of alkyl halides is 3. The van der Waals surface area contributed by atoms with Gasteiger partial charge >= 0.3 is 6.18 Å². The molecule has 0 aliphatic rings. The summed E-state index contributed by atoms with van der Waals surface area (Å²) in [5.74, 6) is -0.446. The van der Waals surface area contributed by atoms with Crippen LogP contribution in [-0.2, 0) is 0 Å². The molecule has 1 atom stereocenters. The molecule has 0 amide bonds. The summed E-state index contributed by atoms with van der Waals surface area (Å²) in [7, 11) is 0. The van der Waals surface area contributed by atoms with Crippen LogP contribution in [0.3, 0.4) is 0 Å². The van der Waals surface area contributed by atoms with E-state index in [2.05, 4.69) is 9.36 Å². The van der Waals surface area contributed by atoms with E-state index in [0.717, 1.165) is 23.3 Å². The van der Waals surface area contributed by atoms with Crippen molar-refractivity contribution < 1.29 is 18.3 Å². The lowest BCUT2D eigenvalue weighted by Crippen LogP contribution is -2.30. The van der Waals surface area contributed by atoms with Crippen LogP contribution in [0.25, 0.3) is 0 Å². The van der Waals surface area contributed by atoms with Gasteiger partial charge < -0.3 is 5.11 Å². The number of aliphatic hydroxyl groups excluding tert-OH is 1. The maximum absolute atomic E-state index is 11.8. The van der Waals surface area contributed by atoms with Crippen molar-refractivity contribution in [3.63, 3.8) is 0 Å². The van der Waals surface area contributed by atoms with Crippen molar-refractivity contribution in [3.05, 3.63) is 6.33 Å². The fourth-order valence-corrected chi connectivity index (χ4v) is 1.91. The molecule has 0 bridgehead atoms. The van der Waals surface area contributed by atoms with Crippen LogP contribution < -0.4 is 0 Å². The number of aromatic nitrogens is 2. The maximum atomic E-state index is 11.8. The van der Waals surface area contributed by atoms with Crippen LogP contribution in [0.5, 0.6) is 0 Å². The molecule has 1 heterocycles. The van der Waals surface area contributed by atoms with Gasteiger partial charge in [0.15, 0.2) is 10.4 Å². The molecule has 1 rings (SSSR count). The lowest BCUT2D eigenvalue weighted by molar-refractivity contribution is -0.195. The largest absolute Gasteiger partial charge is 0.415 e. The summed E-state index contributed by atoms with van der Waals surface area (Å²) in [6.45, 7) is 0. The molecule has 8 heteroatoms. The first kappa shape index (κ1) is 10.7. The van der Waals surface area contributed by atoms with E-state index in [1.54, 1.807) is 0 Å². The quantitative estimate of drug-likeness (QED) is 0.800. The summed E-state index contributed by atoms with van der Waals surface area (Å²) in [4.78, 5) is 3.66. The number of hydrogen-bond donors (Lipinski definition) is 1. The van der Waals surface area contributed by atoms with Gasteiger partial charge in [-0.2, -0.15) is 17.5 Å². The van der Waals surface area contributed by atoms with Gasteiger partial charge in [0.1, 0.15) is 6.33 Å². The third-order valence-electron chi connectivity index (χ3n) is 1.08. The molecule has 1 N–H and O–H groups in total. The van der Waals surface area contributed by atoms with E-state index in [9.17, 15) is 13.2 Å². The summed E-state index contributed by atoms with van der Waals surface area (Å²) >= 11 is 1.84. The summed E-state index contributed by atoms with van der Waals surface area (Å²) < 4.78 is 39.4. The molecular formula is C5H5F3N2OS2. The van der Waals surface area contributed by atoms with Crippen LogP contribution in [-0.4, -0.2) is 32.5 Å². The molecule has 3 nitrogen and oxygen atoms in total. The Morgan fingerprint density at radius 2 is 2.31 bits per heavy atom. The molecular weight excluding hydrogens is 225 g/mol. The number of halogens is 3. The predicted molar refractivity (Wildman–Crippen MR) is 42.7 cm³/mol. The molecule has 1 aromatic heterocycles. The molecule has 0 aromatic carbocycles. The van der Waals surface area contributed by atoms with E-state index in [1.165, 1.54) is 6.33 Å². The van der Waals surface area contributed by atoms with Crippen LogP contribution >= 0.6 is 23.3 Å². The second-order valence-electron chi connectivity index (χ2n) is 2.08. The Kier molecular flexibility index (Phi) is 3.51.